The molecule has 0 bridgehead atoms. The van der Waals surface area contributed by atoms with Gasteiger partial charge in [-0.15, -0.1) is 0 Å². The van der Waals surface area contributed by atoms with Crippen molar-refractivity contribution >= 4 is 66.7 Å². The van der Waals surface area contributed by atoms with Crippen LogP contribution in [0.3, 0.4) is 0 Å². The number of H-pyrrole nitrogens is 2. The number of aryl methyl sites for hydroxylation is 2. The van der Waals surface area contributed by atoms with E-state index in [1.54, 1.807) is 40.8 Å². The van der Waals surface area contributed by atoms with Crippen LogP contribution in [0, 0.1) is 27.7 Å². The molecule has 15 nitrogen and oxygen atoms in total. The van der Waals surface area contributed by atoms with Gasteiger partial charge in [0.15, 0.2) is 10.3 Å². The van der Waals surface area contributed by atoms with Gasteiger partial charge in [-0.2, -0.15) is 0 Å². The van der Waals surface area contributed by atoms with Crippen LogP contribution in [0.25, 0.3) is 22.1 Å². The fourth-order valence-corrected chi connectivity index (χ4v) is 7.42. The van der Waals surface area contributed by atoms with E-state index in [2.05, 4.69) is 29.9 Å². The predicted octanol–water partition coefficient (Wildman–Crippen LogP) is 2.94. The molecule has 0 aliphatic heterocycles. The normalized spacial score (nSPS) is 11.4. The standard InChI is InChI=1S/2C17H19N3O3S.Mg.3H2O/c2*1-10-8-18-15(11(2)16(10)23-4)9-24(21)17-19-13-6-5-12(22-3)7-14(13)20-17;;;;/h2*5-8H,9H2,1-4H3,(H,19,20);;3*1H2/q;;+2;;;/t2*24-;;;;/m00..../s1. The molecule has 4 aromatic heterocycles. The molecule has 6 rings (SSSR count). The first-order chi connectivity index (χ1) is 23.1. The van der Waals surface area contributed by atoms with Crippen LogP contribution in [0.4, 0.5) is 0 Å². The molecule has 2 atom stereocenters. The van der Waals surface area contributed by atoms with E-state index in [0.29, 0.717) is 10.3 Å². The van der Waals surface area contributed by atoms with Gasteiger partial charge in [0, 0.05) is 46.8 Å². The van der Waals surface area contributed by atoms with Crippen LogP contribution in [0.5, 0.6) is 23.0 Å². The molecule has 0 saturated carbocycles. The third-order valence-electron chi connectivity index (χ3n) is 7.80. The van der Waals surface area contributed by atoms with E-state index in [1.807, 2.05) is 64.1 Å². The Balaban J connectivity index is 0.000000483. The van der Waals surface area contributed by atoms with Crippen molar-refractivity contribution in [1.29, 1.82) is 0 Å². The second kappa shape index (κ2) is 20.2. The van der Waals surface area contributed by atoms with E-state index in [4.69, 9.17) is 18.9 Å². The smallest absolute Gasteiger partial charge is 0.497 e. The van der Waals surface area contributed by atoms with E-state index in [0.717, 1.165) is 78.7 Å². The van der Waals surface area contributed by atoms with Gasteiger partial charge in [-0.3, -0.25) is 18.4 Å². The molecule has 18 heteroatoms. The summed E-state index contributed by atoms with van der Waals surface area (Å²) in [5.74, 6) is 3.57. The van der Waals surface area contributed by atoms with Gasteiger partial charge >= 0.3 is 23.1 Å². The third-order valence-corrected chi connectivity index (χ3v) is 10.1. The van der Waals surface area contributed by atoms with Gasteiger partial charge < -0.3 is 45.3 Å². The number of imidazole rings is 2. The van der Waals surface area contributed by atoms with Gasteiger partial charge in [-0.05, 0) is 52.0 Å². The van der Waals surface area contributed by atoms with Crippen LogP contribution in [0.1, 0.15) is 33.6 Å². The number of hydrogen-bond acceptors (Lipinski definition) is 10. The maximum atomic E-state index is 12.7. The number of rotatable bonds is 10. The first-order valence-electron chi connectivity index (χ1n) is 14.9. The van der Waals surface area contributed by atoms with E-state index in [9.17, 15) is 8.42 Å². The average molecular weight is 769 g/mol. The minimum Gasteiger partial charge on any atom is -0.497 e. The zero-order chi connectivity index (χ0) is 34.5. The molecule has 0 fully saturated rings. The molecule has 0 radical (unpaired) electrons. The van der Waals surface area contributed by atoms with Crippen LogP contribution in [-0.2, 0) is 33.1 Å². The van der Waals surface area contributed by atoms with Gasteiger partial charge in [0.05, 0.1) is 95.0 Å². The van der Waals surface area contributed by atoms with Crippen LogP contribution >= 0.6 is 0 Å². The van der Waals surface area contributed by atoms with Crippen molar-refractivity contribution in [3.05, 3.63) is 82.4 Å². The molecule has 0 spiro atoms. The minimum absolute atomic E-state index is 0. The number of pyridine rings is 2. The Kier molecular flexibility index (Phi) is 17.8. The predicted molar refractivity (Wildman–Crippen MR) is 203 cm³/mol. The number of benzene rings is 2. The molecule has 0 aliphatic rings. The zero-order valence-electron chi connectivity index (χ0n) is 30.3. The van der Waals surface area contributed by atoms with E-state index in [1.165, 1.54) is 0 Å². The second-order valence-corrected chi connectivity index (χ2v) is 13.7. The SMILES string of the molecule is COc1ccc2nc([S@@](=O)Cc3ncc(C)c(OC)c3C)[nH]c2c1.COc1ccc2nc([S@@](=O)Cc3ncc(C)c(OC)c3C)[nH]c2c1.O.O.O.[Mg+2]. The molecule has 0 saturated heterocycles. The Bertz CT molecular complexity index is 2010. The Labute approximate surface area is 322 Å². The van der Waals surface area contributed by atoms with E-state index in [-0.39, 0.29) is 51.0 Å². The molecule has 0 amide bonds. The first-order valence-corrected chi connectivity index (χ1v) is 17.5. The molecule has 4 heterocycles. The number of nitrogens with one attached hydrogen (secondary N) is 2. The number of methoxy groups -OCH3 is 4. The number of aromatic nitrogens is 6. The van der Waals surface area contributed by atoms with Crippen molar-refractivity contribution in [3.63, 3.8) is 0 Å². The Morgan fingerprint density at radius 2 is 0.962 bits per heavy atom. The van der Waals surface area contributed by atoms with Crippen LogP contribution in [0.2, 0.25) is 0 Å². The summed E-state index contributed by atoms with van der Waals surface area (Å²) in [6, 6.07) is 11.0. The Morgan fingerprint density at radius 1 is 0.596 bits per heavy atom. The summed E-state index contributed by atoms with van der Waals surface area (Å²) in [5, 5.41) is 0.859. The second-order valence-electron chi connectivity index (χ2n) is 10.9. The van der Waals surface area contributed by atoms with Gasteiger partial charge in [0.25, 0.3) is 0 Å². The number of fused-ring (bicyclic) bond motifs is 2. The molecule has 8 N–H and O–H groups in total. The van der Waals surface area contributed by atoms with Crippen molar-refractivity contribution in [1.82, 2.24) is 29.9 Å². The Morgan fingerprint density at radius 3 is 1.29 bits per heavy atom. The largest absolute Gasteiger partial charge is 2.00 e. The van der Waals surface area contributed by atoms with Gasteiger partial charge in [-0.25, -0.2) is 9.97 Å². The summed E-state index contributed by atoms with van der Waals surface area (Å²) >= 11 is 0. The van der Waals surface area contributed by atoms with Gasteiger partial charge in [0.2, 0.25) is 0 Å². The first kappa shape index (κ1) is 45.8. The number of ether oxygens (including phenoxy) is 4. The molecular weight excluding hydrogens is 725 g/mol. The van der Waals surface area contributed by atoms with Crippen molar-refractivity contribution in [2.75, 3.05) is 28.4 Å². The summed E-state index contributed by atoms with van der Waals surface area (Å²) in [5.41, 5.74) is 8.32. The maximum Gasteiger partial charge on any atom is 2.00 e. The summed E-state index contributed by atoms with van der Waals surface area (Å²) in [4.78, 5) is 23.8. The zero-order valence-corrected chi connectivity index (χ0v) is 33.3. The number of hydrogen-bond donors (Lipinski definition) is 2. The van der Waals surface area contributed by atoms with Crippen molar-refractivity contribution < 1.29 is 43.8 Å². The minimum atomic E-state index is -1.33. The molecule has 0 aliphatic carbocycles. The Hall–Kier alpha value is -4.17. The van der Waals surface area contributed by atoms with E-state index >= 15 is 0 Å². The quantitative estimate of drug-likeness (QED) is 0.193. The molecule has 6 aromatic rings. The monoisotopic (exact) mass is 768 g/mol. The fraction of sp³-hybridized carbons (Fsp3) is 0.294. The number of nitrogens with zero attached hydrogens (tertiary/aromatic N) is 4. The molecular formula is C34H44MgN6O9S2+2. The average Bonchev–Trinajstić information content (AvgIpc) is 3.72. The summed E-state index contributed by atoms with van der Waals surface area (Å²) in [6.45, 7) is 7.72. The van der Waals surface area contributed by atoms with Crippen molar-refractivity contribution in [3.8, 4) is 23.0 Å². The topological polar surface area (TPSA) is 249 Å². The molecule has 52 heavy (non-hydrogen) atoms. The van der Waals surface area contributed by atoms with E-state index < -0.39 is 21.6 Å². The summed E-state index contributed by atoms with van der Waals surface area (Å²) in [7, 11) is 3.81. The molecule has 0 unspecified atom stereocenters. The van der Waals surface area contributed by atoms with Gasteiger partial charge in [-0.1, -0.05) is 0 Å². The van der Waals surface area contributed by atoms with Crippen LogP contribution < -0.4 is 18.9 Å². The molecule has 276 valence electrons. The summed E-state index contributed by atoms with van der Waals surface area (Å²) in [6.07, 6.45) is 3.48. The maximum absolute atomic E-state index is 12.7. The van der Waals surface area contributed by atoms with Crippen molar-refractivity contribution in [2.24, 2.45) is 0 Å². The van der Waals surface area contributed by atoms with Crippen LogP contribution in [-0.4, -0.2) is 106 Å². The molecule has 2 aromatic carbocycles. The van der Waals surface area contributed by atoms with Crippen LogP contribution in [0.15, 0.2) is 59.1 Å². The summed E-state index contributed by atoms with van der Waals surface area (Å²) < 4.78 is 46.5. The van der Waals surface area contributed by atoms with Gasteiger partial charge in [0.1, 0.15) is 23.0 Å². The number of aromatic amines is 2. The van der Waals surface area contributed by atoms with Crippen molar-refractivity contribution in [2.45, 2.75) is 49.5 Å². The fourth-order valence-electron chi connectivity index (χ4n) is 5.22. The third kappa shape index (κ3) is 10.0.